The van der Waals surface area contributed by atoms with Crippen molar-refractivity contribution in [3.05, 3.63) is 33.2 Å². The molecule has 25 heavy (non-hydrogen) atoms. The highest BCUT2D eigenvalue weighted by atomic mass is 32.1. The molecule has 1 saturated heterocycles. The van der Waals surface area contributed by atoms with Gasteiger partial charge in [-0.2, -0.15) is 0 Å². The van der Waals surface area contributed by atoms with Crippen LogP contribution >= 0.6 is 11.3 Å². The van der Waals surface area contributed by atoms with E-state index in [2.05, 4.69) is 17.1 Å². The fourth-order valence-electron chi connectivity index (χ4n) is 3.88. The van der Waals surface area contributed by atoms with Crippen LogP contribution in [0.4, 0.5) is 0 Å². The quantitative estimate of drug-likeness (QED) is 0.840. The van der Waals surface area contributed by atoms with Crippen LogP contribution in [0.3, 0.4) is 0 Å². The van der Waals surface area contributed by atoms with Crippen LogP contribution in [0.1, 0.15) is 58.4 Å². The summed E-state index contributed by atoms with van der Waals surface area (Å²) in [6.07, 6.45) is 3.91. The maximum Gasteiger partial charge on any atom is 0.255 e. The number of nitrogens with zero attached hydrogens (tertiary/aromatic N) is 3. The van der Waals surface area contributed by atoms with Gasteiger partial charge in [-0.05, 0) is 30.7 Å². The number of carbonyl (C=O) groups is 1. The number of aromatic nitrogens is 2. The Morgan fingerprint density at radius 3 is 3.00 bits per heavy atom. The van der Waals surface area contributed by atoms with E-state index in [1.165, 1.54) is 10.4 Å². The van der Waals surface area contributed by atoms with Gasteiger partial charge >= 0.3 is 0 Å². The normalized spacial score (nSPS) is 26.0. The summed E-state index contributed by atoms with van der Waals surface area (Å²) in [5, 5.41) is 10.1. The Morgan fingerprint density at radius 2 is 2.28 bits per heavy atom. The zero-order valence-electron chi connectivity index (χ0n) is 14.8. The van der Waals surface area contributed by atoms with Gasteiger partial charge in [0.05, 0.1) is 11.7 Å². The summed E-state index contributed by atoms with van der Waals surface area (Å²) in [5.74, 6) is 1.79. The predicted octanol–water partition coefficient (Wildman–Crippen LogP) is 3.17. The predicted molar refractivity (Wildman–Crippen MR) is 93.7 cm³/mol. The molecule has 134 valence electrons. The first-order valence-electron chi connectivity index (χ1n) is 8.79. The Hall–Kier alpha value is -1.73. The Kier molecular flexibility index (Phi) is 4.37. The molecule has 2 aromatic heterocycles. The van der Waals surface area contributed by atoms with Crippen molar-refractivity contribution in [3.63, 3.8) is 0 Å². The van der Waals surface area contributed by atoms with E-state index >= 15 is 0 Å². The van der Waals surface area contributed by atoms with E-state index in [0.29, 0.717) is 30.7 Å². The molecule has 1 amide bonds. The van der Waals surface area contributed by atoms with Crippen LogP contribution in [0.2, 0.25) is 0 Å². The van der Waals surface area contributed by atoms with Crippen LogP contribution in [0.5, 0.6) is 0 Å². The molecule has 6 nitrogen and oxygen atoms in total. The van der Waals surface area contributed by atoms with E-state index in [9.17, 15) is 4.79 Å². The molecule has 1 aliphatic heterocycles. The lowest BCUT2D eigenvalue weighted by Gasteiger charge is -2.24. The second-order valence-electron chi connectivity index (χ2n) is 7.13. The standard InChI is InChI=1S/C18H23N3O3S/c1-10-4-5-13-14(9-25-16(13)6-10)18(22)21-8-12(23-3)7-15(21)17-20-19-11(2)24-17/h9-10,12,15H,4-8H2,1-3H3/t10?,12-,15-/m1/s1. The van der Waals surface area contributed by atoms with Crippen molar-refractivity contribution < 1.29 is 13.9 Å². The summed E-state index contributed by atoms with van der Waals surface area (Å²) in [5.41, 5.74) is 2.10. The number of aryl methyl sites for hydroxylation is 1. The zero-order chi connectivity index (χ0) is 17.6. The van der Waals surface area contributed by atoms with Crippen molar-refractivity contribution in [2.75, 3.05) is 13.7 Å². The number of hydrogen-bond acceptors (Lipinski definition) is 6. The largest absolute Gasteiger partial charge is 0.423 e. The van der Waals surface area contributed by atoms with Gasteiger partial charge in [-0.25, -0.2) is 0 Å². The number of thiophene rings is 1. The number of likely N-dealkylation sites (tertiary alicyclic amines) is 1. The van der Waals surface area contributed by atoms with Gasteiger partial charge in [-0.15, -0.1) is 21.5 Å². The zero-order valence-corrected chi connectivity index (χ0v) is 15.6. The average Bonchev–Trinajstić information content (AvgIpc) is 3.30. The second kappa shape index (κ2) is 6.53. The van der Waals surface area contributed by atoms with Crippen LogP contribution in [0.15, 0.2) is 9.80 Å². The van der Waals surface area contributed by atoms with Gasteiger partial charge in [-0.3, -0.25) is 4.79 Å². The molecule has 1 aliphatic carbocycles. The summed E-state index contributed by atoms with van der Waals surface area (Å²) in [6, 6.07) is -0.211. The number of methoxy groups -OCH3 is 1. The van der Waals surface area contributed by atoms with E-state index in [-0.39, 0.29) is 18.1 Å². The van der Waals surface area contributed by atoms with Crippen molar-refractivity contribution >= 4 is 17.2 Å². The van der Waals surface area contributed by atoms with Crippen molar-refractivity contribution in [1.29, 1.82) is 0 Å². The topological polar surface area (TPSA) is 68.5 Å². The molecule has 3 atom stereocenters. The molecule has 0 N–H and O–H groups in total. The fourth-order valence-corrected chi connectivity index (χ4v) is 5.12. The van der Waals surface area contributed by atoms with Crippen LogP contribution < -0.4 is 0 Å². The molecule has 1 fully saturated rings. The smallest absolute Gasteiger partial charge is 0.255 e. The Bertz CT molecular complexity index is 784. The molecule has 0 aromatic carbocycles. The Morgan fingerprint density at radius 1 is 1.44 bits per heavy atom. The summed E-state index contributed by atoms with van der Waals surface area (Å²) in [6.45, 7) is 4.60. The van der Waals surface area contributed by atoms with Crippen molar-refractivity contribution in [2.45, 2.75) is 51.7 Å². The van der Waals surface area contributed by atoms with Crippen molar-refractivity contribution in [2.24, 2.45) is 5.92 Å². The number of hydrogen-bond donors (Lipinski definition) is 0. The van der Waals surface area contributed by atoms with Crippen LogP contribution in [-0.2, 0) is 17.6 Å². The molecule has 4 rings (SSSR count). The van der Waals surface area contributed by atoms with Crippen LogP contribution in [0, 0.1) is 12.8 Å². The maximum atomic E-state index is 13.3. The van der Waals surface area contributed by atoms with E-state index < -0.39 is 0 Å². The molecular formula is C18H23N3O3S. The SMILES string of the molecule is CO[C@@H]1C[C@H](c2nnc(C)o2)N(C(=O)c2csc3c2CCC(C)C3)C1. The molecule has 7 heteroatoms. The minimum Gasteiger partial charge on any atom is -0.423 e. The van der Waals surface area contributed by atoms with Crippen molar-refractivity contribution in [1.82, 2.24) is 15.1 Å². The summed E-state index contributed by atoms with van der Waals surface area (Å²) < 4.78 is 11.1. The molecule has 0 spiro atoms. The van der Waals surface area contributed by atoms with Crippen LogP contribution in [-0.4, -0.2) is 40.8 Å². The fraction of sp³-hybridized carbons (Fsp3) is 0.611. The van der Waals surface area contributed by atoms with Gasteiger partial charge in [0, 0.05) is 37.3 Å². The summed E-state index contributed by atoms with van der Waals surface area (Å²) in [4.78, 5) is 16.5. The molecule has 0 saturated carbocycles. The highest BCUT2D eigenvalue weighted by Gasteiger charge is 2.40. The maximum absolute atomic E-state index is 13.3. The molecular weight excluding hydrogens is 338 g/mol. The number of fused-ring (bicyclic) bond motifs is 1. The van der Waals surface area contributed by atoms with Gasteiger partial charge in [-0.1, -0.05) is 6.92 Å². The van der Waals surface area contributed by atoms with Crippen molar-refractivity contribution in [3.8, 4) is 0 Å². The first kappa shape index (κ1) is 16.7. The second-order valence-corrected chi connectivity index (χ2v) is 8.09. The minimum atomic E-state index is -0.211. The lowest BCUT2D eigenvalue weighted by molar-refractivity contribution is 0.0673. The third-order valence-corrected chi connectivity index (χ3v) is 6.37. The van der Waals surface area contributed by atoms with E-state index in [0.717, 1.165) is 24.8 Å². The number of amides is 1. The first-order valence-corrected chi connectivity index (χ1v) is 9.67. The summed E-state index contributed by atoms with van der Waals surface area (Å²) >= 11 is 1.72. The van der Waals surface area contributed by atoms with E-state index in [1.807, 2.05) is 10.3 Å². The number of carbonyl (C=O) groups excluding carboxylic acids is 1. The van der Waals surface area contributed by atoms with Gasteiger partial charge in [0.1, 0.15) is 6.04 Å². The minimum absolute atomic E-state index is 0.00404. The monoisotopic (exact) mass is 361 g/mol. The van der Waals surface area contributed by atoms with Gasteiger partial charge < -0.3 is 14.1 Å². The average molecular weight is 361 g/mol. The lowest BCUT2D eigenvalue weighted by atomic mass is 9.88. The highest BCUT2D eigenvalue weighted by molar-refractivity contribution is 7.10. The molecule has 0 bridgehead atoms. The van der Waals surface area contributed by atoms with E-state index in [4.69, 9.17) is 9.15 Å². The third kappa shape index (κ3) is 3.00. The van der Waals surface area contributed by atoms with Gasteiger partial charge in [0.25, 0.3) is 5.91 Å². The molecule has 2 aliphatic rings. The lowest BCUT2D eigenvalue weighted by Crippen LogP contribution is -2.32. The van der Waals surface area contributed by atoms with Gasteiger partial charge in [0.2, 0.25) is 11.8 Å². The highest BCUT2D eigenvalue weighted by Crippen LogP contribution is 2.38. The molecule has 0 radical (unpaired) electrons. The van der Waals surface area contributed by atoms with Crippen LogP contribution in [0.25, 0.3) is 0 Å². The first-order chi connectivity index (χ1) is 12.1. The molecule has 3 heterocycles. The Labute approximate surface area is 151 Å². The number of rotatable bonds is 3. The molecule has 2 aromatic rings. The Balaban J connectivity index is 1.64. The number of ether oxygens (including phenoxy) is 1. The molecule has 1 unspecified atom stereocenters. The van der Waals surface area contributed by atoms with E-state index in [1.54, 1.807) is 25.4 Å². The van der Waals surface area contributed by atoms with Gasteiger partial charge in [0.15, 0.2) is 0 Å². The third-order valence-electron chi connectivity index (χ3n) is 5.32. The summed E-state index contributed by atoms with van der Waals surface area (Å²) in [7, 11) is 1.68.